The van der Waals surface area contributed by atoms with Gasteiger partial charge in [0.15, 0.2) is 5.82 Å². The quantitative estimate of drug-likeness (QED) is 0.839. The molecule has 0 aromatic carbocycles. The Morgan fingerprint density at radius 1 is 1.32 bits per heavy atom. The molecule has 0 radical (unpaired) electrons. The SMILES string of the molecule is Cc1nc(-c2cnc(N3CCOCC3)nc2)n(CC(=O)O)n1. The van der Waals surface area contributed by atoms with Crippen LogP contribution in [-0.4, -0.2) is 62.1 Å². The number of hydrogen-bond acceptors (Lipinski definition) is 7. The van der Waals surface area contributed by atoms with Crippen molar-refractivity contribution in [2.75, 3.05) is 31.2 Å². The zero-order chi connectivity index (χ0) is 15.5. The standard InChI is InChI=1S/C13H16N6O3/c1-9-16-12(19(17-9)8-11(20)21)10-6-14-13(15-7-10)18-2-4-22-5-3-18/h6-7H,2-5,8H2,1H3,(H,20,21). The molecule has 1 fully saturated rings. The molecule has 9 heteroatoms. The minimum atomic E-state index is -0.975. The Morgan fingerprint density at radius 3 is 2.64 bits per heavy atom. The van der Waals surface area contributed by atoms with Crippen molar-refractivity contribution in [2.45, 2.75) is 13.5 Å². The minimum absolute atomic E-state index is 0.249. The third-order valence-corrected chi connectivity index (χ3v) is 3.25. The predicted octanol–water partition coefficient (Wildman–Crippen LogP) is -0.0353. The normalized spacial score (nSPS) is 15.0. The molecule has 1 N–H and O–H groups in total. The highest BCUT2D eigenvalue weighted by Crippen LogP contribution is 2.18. The summed E-state index contributed by atoms with van der Waals surface area (Å²) in [6.07, 6.45) is 3.28. The zero-order valence-electron chi connectivity index (χ0n) is 12.1. The van der Waals surface area contributed by atoms with Gasteiger partial charge in [0.2, 0.25) is 5.95 Å². The fourth-order valence-corrected chi connectivity index (χ4v) is 2.27. The van der Waals surface area contributed by atoms with Gasteiger partial charge in [0.1, 0.15) is 12.4 Å². The van der Waals surface area contributed by atoms with Crippen LogP contribution in [0.3, 0.4) is 0 Å². The number of nitrogens with zero attached hydrogens (tertiary/aromatic N) is 6. The molecule has 3 rings (SSSR count). The summed E-state index contributed by atoms with van der Waals surface area (Å²) in [5.41, 5.74) is 0.638. The van der Waals surface area contributed by atoms with Crippen LogP contribution in [0.2, 0.25) is 0 Å². The molecule has 3 heterocycles. The number of carbonyl (C=O) groups is 1. The van der Waals surface area contributed by atoms with Crippen molar-refractivity contribution in [1.82, 2.24) is 24.7 Å². The van der Waals surface area contributed by atoms with Crippen molar-refractivity contribution >= 4 is 11.9 Å². The molecule has 1 saturated heterocycles. The fraction of sp³-hybridized carbons (Fsp3) is 0.462. The van der Waals surface area contributed by atoms with E-state index in [1.165, 1.54) is 4.68 Å². The van der Waals surface area contributed by atoms with Crippen molar-refractivity contribution in [3.8, 4) is 11.4 Å². The van der Waals surface area contributed by atoms with E-state index in [4.69, 9.17) is 9.84 Å². The molecule has 0 unspecified atom stereocenters. The lowest BCUT2D eigenvalue weighted by Crippen LogP contribution is -2.37. The molecule has 2 aromatic rings. The number of anilines is 1. The molecule has 1 aliphatic rings. The molecule has 2 aromatic heterocycles. The Bertz CT molecular complexity index is 663. The van der Waals surface area contributed by atoms with Gasteiger partial charge in [-0.05, 0) is 6.92 Å². The maximum atomic E-state index is 10.9. The Balaban J connectivity index is 1.84. The number of rotatable bonds is 4. The Labute approximate surface area is 126 Å². The molecule has 9 nitrogen and oxygen atoms in total. The summed E-state index contributed by atoms with van der Waals surface area (Å²) < 4.78 is 6.63. The molecule has 22 heavy (non-hydrogen) atoms. The number of hydrogen-bond donors (Lipinski definition) is 1. The smallest absolute Gasteiger partial charge is 0.325 e. The lowest BCUT2D eigenvalue weighted by Gasteiger charge is -2.26. The van der Waals surface area contributed by atoms with E-state index in [-0.39, 0.29) is 6.54 Å². The van der Waals surface area contributed by atoms with E-state index in [0.717, 1.165) is 13.1 Å². The number of aliphatic carboxylic acids is 1. The second kappa shape index (κ2) is 6.06. The van der Waals surface area contributed by atoms with Gasteiger partial charge in [0, 0.05) is 25.5 Å². The first-order valence-electron chi connectivity index (χ1n) is 6.92. The van der Waals surface area contributed by atoms with Crippen LogP contribution in [0.25, 0.3) is 11.4 Å². The second-order valence-corrected chi connectivity index (χ2v) is 4.91. The van der Waals surface area contributed by atoms with Gasteiger partial charge in [-0.25, -0.2) is 19.6 Å². The molecule has 0 bridgehead atoms. The van der Waals surface area contributed by atoms with Gasteiger partial charge in [0.25, 0.3) is 0 Å². The number of aromatic nitrogens is 5. The summed E-state index contributed by atoms with van der Waals surface area (Å²) in [6, 6.07) is 0. The zero-order valence-corrected chi connectivity index (χ0v) is 12.1. The Kier molecular flexibility index (Phi) is 3.96. The molecule has 0 atom stereocenters. The summed E-state index contributed by atoms with van der Waals surface area (Å²) in [5, 5.41) is 13.0. The topological polar surface area (TPSA) is 106 Å². The molecule has 0 spiro atoms. The highest BCUT2D eigenvalue weighted by Gasteiger charge is 2.16. The molecular weight excluding hydrogens is 288 g/mol. The largest absolute Gasteiger partial charge is 0.480 e. The predicted molar refractivity (Wildman–Crippen MR) is 76.5 cm³/mol. The number of morpholine rings is 1. The molecule has 1 aliphatic heterocycles. The van der Waals surface area contributed by atoms with E-state index in [1.54, 1.807) is 19.3 Å². The maximum Gasteiger partial charge on any atom is 0.325 e. The lowest BCUT2D eigenvalue weighted by molar-refractivity contribution is -0.137. The summed E-state index contributed by atoms with van der Waals surface area (Å²) in [7, 11) is 0. The van der Waals surface area contributed by atoms with E-state index in [0.29, 0.717) is 36.4 Å². The number of ether oxygens (including phenoxy) is 1. The van der Waals surface area contributed by atoms with Gasteiger partial charge in [-0.1, -0.05) is 0 Å². The molecular formula is C13H16N6O3. The third kappa shape index (κ3) is 3.03. The van der Waals surface area contributed by atoms with Crippen LogP contribution in [0.5, 0.6) is 0 Å². The van der Waals surface area contributed by atoms with Gasteiger partial charge < -0.3 is 14.7 Å². The van der Waals surface area contributed by atoms with Crippen LogP contribution < -0.4 is 4.90 Å². The first kappa shape index (κ1) is 14.4. The molecule has 0 amide bonds. The van der Waals surface area contributed by atoms with Crippen molar-refractivity contribution in [1.29, 1.82) is 0 Å². The monoisotopic (exact) mass is 304 g/mol. The van der Waals surface area contributed by atoms with E-state index in [9.17, 15) is 4.79 Å². The van der Waals surface area contributed by atoms with Crippen LogP contribution >= 0.6 is 0 Å². The van der Waals surface area contributed by atoms with Gasteiger partial charge in [-0.2, -0.15) is 5.10 Å². The lowest BCUT2D eigenvalue weighted by atomic mass is 10.3. The summed E-state index contributed by atoms with van der Waals surface area (Å²) in [4.78, 5) is 25.9. The molecule has 116 valence electrons. The maximum absolute atomic E-state index is 10.9. The fourth-order valence-electron chi connectivity index (χ4n) is 2.27. The first-order chi connectivity index (χ1) is 10.6. The summed E-state index contributed by atoms with van der Waals surface area (Å²) in [6.45, 7) is 4.31. The first-order valence-corrected chi connectivity index (χ1v) is 6.92. The van der Waals surface area contributed by atoms with Crippen LogP contribution in [0, 0.1) is 6.92 Å². The number of carboxylic acid groups (broad SMARTS) is 1. The van der Waals surface area contributed by atoms with Crippen LogP contribution in [0.4, 0.5) is 5.95 Å². The molecule has 0 aliphatic carbocycles. The Morgan fingerprint density at radius 2 is 2.00 bits per heavy atom. The third-order valence-electron chi connectivity index (χ3n) is 3.25. The van der Waals surface area contributed by atoms with Crippen molar-refractivity contribution < 1.29 is 14.6 Å². The van der Waals surface area contributed by atoms with Crippen LogP contribution in [0.15, 0.2) is 12.4 Å². The Hall–Kier alpha value is -2.55. The minimum Gasteiger partial charge on any atom is -0.480 e. The number of aryl methyl sites for hydroxylation is 1. The van der Waals surface area contributed by atoms with Gasteiger partial charge in [0.05, 0.1) is 18.8 Å². The van der Waals surface area contributed by atoms with E-state index < -0.39 is 5.97 Å². The van der Waals surface area contributed by atoms with Crippen molar-refractivity contribution in [2.24, 2.45) is 0 Å². The van der Waals surface area contributed by atoms with E-state index in [1.807, 2.05) is 4.90 Å². The van der Waals surface area contributed by atoms with Crippen molar-refractivity contribution in [3.63, 3.8) is 0 Å². The molecule has 0 saturated carbocycles. The summed E-state index contributed by atoms with van der Waals surface area (Å²) in [5.74, 6) is 0.618. The van der Waals surface area contributed by atoms with Gasteiger partial charge >= 0.3 is 5.97 Å². The highest BCUT2D eigenvalue weighted by molar-refractivity contribution is 5.67. The van der Waals surface area contributed by atoms with E-state index >= 15 is 0 Å². The van der Waals surface area contributed by atoms with Gasteiger partial charge in [-0.3, -0.25) is 4.79 Å². The average molecular weight is 304 g/mol. The van der Waals surface area contributed by atoms with Crippen LogP contribution in [-0.2, 0) is 16.1 Å². The second-order valence-electron chi connectivity index (χ2n) is 4.91. The summed E-state index contributed by atoms with van der Waals surface area (Å²) >= 11 is 0. The van der Waals surface area contributed by atoms with Gasteiger partial charge in [-0.15, -0.1) is 0 Å². The van der Waals surface area contributed by atoms with Crippen LogP contribution in [0.1, 0.15) is 5.82 Å². The number of carboxylic acids is 1. The van der Waals surface area contributed by atoms with Crippen molar-refractivity contribution in [3.05, 3.63) is 18.2 Å². The van der Waals surface area contributed by atoms with E-state index in [2.05, 4.69) is 20.1 Å². The highest BCUT2D eigenvalue weighted by atomic mass is 16.5. The average Bonchev–Trinajstić information content (AvgIpc) is 2.88.